The van der Waals surface area contributed by atoms with Crippen molar-refractivity contribution < 1.29 is 14.3 Å². The van der Waals surface area contributed by atoms with Gasteiger partial charge in [0.1, 0.15) is 12.4 Å². The Hall–Kier alpha value is -2.55. The van der Waals surface area contributed by atoms with Crippen molar-refractivity contribution in [2.75, 3.05) is 0 Å². The number of thioether (sulfide) groups is 1. The van der Waals surface area contributed by atoms with Gasteiger partial charge in [-0.2, -0.15) is 0 Å². The SMILES string of the molecule is CC(C)CCn1c(COc2ccccc2)nnc1S[C@H](C(=O)NC(N)=O)C(C)C. The molecule has 1 aromatic heterocycles. The molecule has 1 aromatic carbocycles. The van der Waals surface area contributed by atoms with Crippen molar-refractivity contribution in [1.82, 2.24) is 20.1 Å². The Balaban J connectivity index is 2.21. The molecule has 0 saturated carbocycles. The summed E-state index contributed by atoms with van der Waals surface area (Å²) in [5.74, 6) is 1.48. The fraction of sp³-hybridized carbons (Fsp3) is 0.500. The normalized spacial score (nSPS) is 12.2. The predicted octanol–water partition coefficient (Wildman–Crippen LogP) is 3.21. The number of hydrogen-bond donors (Lipinski definition) is 2. The zero-order valence-electron chi connectivity index (χ0n) is 17.3. The van der Waals surface area contributed by atoms with Gasteiger partial charge in [0.05, 0.1) is 5.25 Å². The smallest absolute Gasteiger partial charge is 0.318 e. The number of carbonyl (C=O) groups excluding carboxylic acids is 2. The molecule has 0 aliphatic heterocycles. The number of urea groups is 1. The van der Waals surface area contributed by atoms with Crippen molar-refractivity contribution in [3.63, 3.8) is 0 Å². The first-order valence-electron chi connectivity index (χ1n) is 9.64. The Morgan fingerprint density at radius 2 is 1.86 bits per heavy atom. The molecule has 0 saturated heterocycles. The molecule has 0 bridgehead atoms. The molecular weight excluding hydrogens is 390 g/mol. The monoisotopic (exact) mass is 419 g/mol. The lowest BCUT2D eigenvalue weighted by Crippen LogP contribution is -2.42. The average molecular weight is 420 g/mol. The number of primary amides is 1. The van der Waals surface area contributed by atoms with Gasteiger partial charge in [-0.15, -0.1) is 10.2 Å². The van der Waals surface area contributed by atoms with Crippen molar-refractivity contribution >= 4 is 23.7 Å². The van der Waals surface area contributed by atoms with E-state index in [2.05, 4.69) is 29.4 Å². The molecule has 8 nitrogen and oxygen atoms in total. The summed E-state index contributed by atoms with van der Waals surface area (Å²) in [5, 5.41) is 10.8. The highest BCUT2D eigenvalue weighted by Crippen LogP contribution is 2.28. The fourth-order valence-electron chi connectivity index (χ4n) is 2.59. The van der Waals surface area contributed by atoms with Crippen molar-refractivity contribution in [2.24, 2.45) is 17.6 Å². The molecule has 0 aliphatic rings. The Labute approximate surface area is 175 Å². The first-order valence-corrected chi connectivity index (χ1v) is 10.5. The first kappa shape index (κ1) is 22.7. The Bertz CT molecular complexity index is 808. The van der Waals surface area contributed by atoms with Crippen LogP contribution in [0, 0.1) is 11.8 Å². The molecule has 1 heterocycles. The van der Waals surface area contributed by atoms with Crippen LogP contribution in [0.5, 0.6) is 5.75 Å². The van der Waals surface area contributed by atoms with Gasteiger partial charge in [0.25, 0.3) is 0 Å². The van der Waals surface area contributed by atoms with Crippen molar-refractivity contribution in [2.45, 2.75) is 57.7 Å². The number of aromatic nitrogens is 3. The van der Waals surface area contributed by atoms with Crippen LogP contribution in [0.3, 0.4) is 0 Å². The zero-order chi connectivity index (χ0) is 21.4. The van der Waals surface area contributed by atoms with E-state index < -0.39 is 17.2 Å². The molecular formula is C20H29N5O3S. The second-order valence-corrected chi connectivity index (χ2v) is 8.58. The molecule has 9 heteroatoms. The van der Waals surface area contributed by atoms with Crippen molar-refractivity contribution in [3.8, 4) is 5.75 Å². The Kier molecular flexibility index (Phi) is 8.50. The maximum Gasteiger partial charge on any atom is 0.318 e. The second kappa shape index (κ2) is 10.8. The van der Waals surface area contributed by atoms with Gasteiger partial charge in [-0.1, -0.05) is 57.7 Å². The average Bonchev–Trinajstić information content (AvgIpc) is 3.04. The van der Waals surface area contributed by atoms with Crippen LogP contribution in [0.1, 0.15) is 39.9 Å². The van der Waals surface area contributed by atoms with Crippen molar-refractivity contribution in [3.05, 3.63) is 36.2 Å². The molecule has 0 fully saturated rings. The molecule has 0 spiro atoms. The quantitative estimate of drug-likeness (QED) is 0.572. The minimum Gasteiger partial charge on any atom is -0.486 e. The Morgan fingerprint density at radius 3 is 2.45 bits per heavy atom. The summed E-state index contributed by atoms with van der Waals surface area (Å²) in [6.07, 6.45) is 0.934. The van der Waals surface area contributed by atoms with Gasteiger partial charge in [0, 0.05) is 6.54 Å². The standard InChI is InChI=1S/C20H29N5O3S/c1-13(2)10-11-25-16(12-28-15-8-6-5-7-9-15)23-24-20(25)29-17(14(3)4)18(26)22-19(21)27/h5-9,13-14,17H,10-12H2,1-4H3,(H3,21,22,26,27)/t17-/m0/s1. The highest BCUT2D eigenvalue weighted by Gasteiger charge is 2.27. The number of nitrogens with two attached hydrogens (primary N) is 1. The molecule has 158 valence electrons. The van der Waals surface area contributed by atoms with Gasteiger partial charge < -0.3 is 15.0 Å². The summed E-state index contributed by atoms with van der Waals surface area (Å²) >= 11 is 1.28. The number of carbonyl (C=O) groups is 2. The summed E-state index contributed by atoms with van der Waals surface area (Å²) in [6, 6.07) is 8.64. The number of nitrogens with one attached hydrogen (secondary N) is 1. The number of para-hydroxylation sites is 1. The van der Waals surface area contributed by atoms with Gasteiger partial charge in [0.15, 0.2) is 11.0 Å². The van der Waals surface area contributed by atoms with E-state index in [4.69, 9.17) is 10.5 Å². The summed E-state index contributed by atoms with van der Waals surface area (Å²) in [6.45, 7) is 9.10. The number of ether oxygens (including phenoxy) is 1. The zero-order valence-corrected chi connectivity index (χ0v) is 18.1. The van der Waals surface area contributed by atoms with Gasteiger partial charge in [-0.05, 0) is 30.4 Å². The highest BCUT2D eigenvalue weighted by atomic mass is 32.2. The summed E-state index contributed by atoms with van der Waals surface area (Å²) in [5.41, 5.74) is 5.10. The molecule has 2 rings (SSSR count). The number of hydrogen-bond acceptors (Lipinski definition) is 6. The highest BCUT2D eigenvalue weighted by molar-refractivity contribution is 8.00. The number of benzene rings is 1. The van der Waals surface area contributed by atoms with Crippen LogP contribution in [0.15, 0.2) is 35.5 Å². The molecule has 3 amide bonds. The van der Waals surface area contributed by atoms with E-state index in [9.17, 15) is 9.59 Å². The van der Waals surface area contributed by atoms with E-state index in [1.807, 2.05) is 48.7 Å². The third kappa shape index (κ3) is 7.08. The van der Waals surface area contributed by atoms with Crippen LogP contribution in [0.2, 0.25) is 0 Å². The maximum atomic E-state index is 12.4. The van der Waals surface area contributed by atoms with Crippen molar-refractivity contribution in [1.29, 1.82) is 0 Å². The summed E-state index contributed by atoms with van der Waals surface area (Å²) < 4.78 is 7.82. The number of amides is 3. The van der Waals surface area contributed by atoms with Crippen LogP contribution in [0.25, 0.3) is 0 Å². The maximum absolute atomic E-state index is 12.4. The number of imide groups is 1. The summed E-state index contributed by atoms with van der Waals surface area (Å²) in [4.78, 5) is 23.5. The van der Waals surface area contributed by atoms with Gasteiger partial charge in [0.2, 0.25) is 5.91 Å². The lowest BCUT2D eigenvalue weighted by atomic mass is 10.1. The van der Waals surface area contributed by atoms with Gasteiger partial charge in [-0.3, -0.25) is 10.1 Å². The minimum atomic E-state index is -0.862. The molecule has 3 N–H and O–H groups in total. The third-order valence-electron chi connectivity index (χ3n) is 4.18. The minimum absolute atomic E-state index is 0.0291. The van der Waals surface area contributed by atoms with Crippen LogP contribution in [-0.4, -0.2) is 32.0 Å². The molecule has 2 aromatic rings. The predicted molar refractivity (Wildman–Crippen MR) is 112 cm³/mol. The lowest BCUT2D eigenvalue weighted by molar-refractivity contribution is -0.120. The Morgan fingerprint density at radius 1 is 1.17 bits per heavy atom. The van der Waals surface area contributed by atoms with Gasteiger partial charge in [-0.25, -0.2) is 4.79 Å². The van der Waals surface area contributed by atoms with Crippen LogP contribution in [0.4, 0.5) is 4.79 Å². The molecule has 0 radical (unpaired) electrons. The first-order chi connectivity index (χ1) is 13.8. The van der Waals surface area contributed by atoms with Crippen LogP contribution < -0.4 is 15.8 Å². The molecule has 0 unspecified atom stereocenters. The topological polar surface area (TPSA) is 112 Å². The van der Waals surface area contributed by atoms with E-state index >= 15 is 0 Å². The van der Waals surface area contributed by atoms with E-state index in [1.165, 1.54) is 11.8 Å². The number of rotatable bonds is 10. The molecule has 0 aliphatic carbocycles. The third-order valence-corrected chi connectivity index (χ3v) is 5.70. The van der Waals surface area contributed by atoms with E-state index in [-0.39, 0.29) is 12.5 Å². The van der Waals surface area contributed by atoms with E-state index in [0.717, 1.165) is 12.2 Å². The fourth-order valence-corrected chi connectivity index (χ4v) is 3.67. The van der Waals surface area contributed by atoms with Gasteiger partial charge >= 0.3 is 6.03 Å². The molecule has 29 heavy (non-hydrogen) atoms. The van der Waals surface area contributed by atoms with Crippen LogP contribution in [-0.2, 0) is 17.9 Å². The second-order valence-electron chi connectivity index (χ2n) is 7.47. The lowest BCUT2D eigenvalue weighted by Gasteiger charge is -2.19. The summed E-state index contributed by atoms with van der Waals surface area (Å²) in [7, 11) is 0. The van der Waals surface area contributed by atoms with E-state index in [1.54, 1.807) is 0 Å². The largest absolute Gasteiger partial charge is 0.486 e. The molecule has 1 atom stereocenters. The van der Waals surface area contributed by atoms with E-state index in [0.29, 0.717) is 23.4 Å². The number of nitrogens with zero attached hydrogens (tertiary/aromatic N) is 3. The van der Waals surface area contributed by atoms with Crippen LogP contribution >= 0.6 is 11.8 Å².